The fourth-order valence-electron chi connectivity index (χ4n) is 2.23. The summed E-state index contributed by atoms with van der Waals surface area (Å²) >= 11 is 0. The van der Waals surface area contributed by atoms with Gasteiger partial charge in [0.15, 0.2) is 0 Å². The van der Waals surface area contributed by atoms with E-state index >= 15 is 0 Å². The molecule has 3 rings (SSSR count). The van der Waals surface area contributed by atoms with E-state index in [2.05, 4.69) is 16.1 Å². The first kappa shape index (κ1) is 12.6. The largest absolute Gasteiger partial charge is 0.296 e. The van der Waals surface area contributed by atoms with Crippen LogP contribution in [0, 0.1) is 0 Å². The van der Waals surface area contributed by atoms with Gasteiger partial charge < -0.3 is 0 Å². The lowest BCUT2D eigenvalue weighted by Gasteiger charge is -2.24. The second kappa shape index (κ2) is 5.67. The minimum atomic E-state index is -0.611. The maximum Gasteiger partial charge on any atom is 0.0769 e. The molecule has 1 saturated heterocycles. The fraction of sp³-hybridized carbons (Fsp3) is 0.357. The van der Waals surface area contributed by atoms with E-state index < -0.39 is 10.8 Å². The molecule has 2 heterocycles. The van der Waals surface area contributed by atoms with Crippen LogP contribution in [-0.4, -0.2) is 43.5 Å². The van der Waals surface area contributed by atoms with E-state index in [0.717, 1.165) is 42.5 Å². The Balaban J connectivity index is 1.67. The van der Waals surface area contributed by atoms with Gasteiger partial charge >= 0.3 is 0 Å². The molecule has 2 aromatic rings. The molecule has 0 atom stereocenters. The Hall–Kier alpha value is -1.46. The third-order valence-corrected chi connectivity index (χ3v) is 4.60. The lowest BCUT2D eigenvalue weighted by molar-refractivity contribution is 0.287. The Bertz CT molecular complexity index is 557. The fourth-order valence-corrected chi connectivity index (χ4v) is 3.36. The summed E-state index contributed by atoms with van der Waals surface area (Å²) in [5.74, 6) is 1.58. The van der Waals surface area contributed by atoms with Gasteiger partial charge in [-0.3, -0.25) is 9.11 Å². The molecule has 19 heavy (non-hydrogen) atoms. The van der Waals surface area contributed by atoms with Gasteiger partial charge in [0, 0.05) is 48.1 Å². The van der Waals surface area contributed by atoms with E-state index in [1.165, 1.54) is 0 Å². The van der Waals surface area contributed by atoms with Crippen molar-refractivity contribution in [1.82, 2.24) is 14.7 Å². The van der Waals surface area contributed by atoms with Crippen LogP contribution in [0.5, 0.6) is 0 Å². The minimum absolute atomic E-state index is 0.611. The van der Waals surface area contributed by atoms with Crippen molar-refractivity contribution in [1.29, 1.82) is 0 Å². The Morgan fingerprint density at radius 3 is 2.58 bits per heavy atom. The molecule has 1 aromatic heterocycles. The highest BCUT2D eigenvalue weighted by molar-refractivity contribution is 7.85. The normalized spacial score (nSPS) is 17.7. The van der Waals surface area contributed by atoms with Gasteiger partial charge in [-0.15, -0.1) is 0 Å². The van der Waals surface area contributed by atoms with Gasteiger partial charge in [0.1, 0.15) is 0 Å². The van der Waals surface area contributed by atoms with Crippen molar-refractivity contribution in [2.24, 2.45) is 0 Å². The predicted octanol–water partition coefficient (Wildman–Crippen LogP) is 1.44. The molecule has 1 aromatic carbocycles. The Morgan fingerprint density at radius 1 is 1.11 bits per heavy atom. The molecule has 0 radical (unpaired) electrons. The Labute approximate surface area is 115 Å². The SMILES string of the molecule is O=S1CCN(Cc2ccn(-c3ccccc3)n2)CC1. The second-order valence-electron chi connectivity index (χ2n) is 4.71. The molecule has 100 valence electrons. The van der Waals surface area contributed by atoms with Crippen LogP contribution in [0.3, 0.4) is 0 Å². The van der Waals surface area contributed by atoms with Gasteiger partial charge in [-0.05, 0) is 18.2 Å². The zero-order valence-corrected chi connectivity index (χ0v) is 11.6. The van der Waals surface area contributed by atoms with Crippen molar-refractivity contribution in [3.05, 3.63) is 48.3 Å². The number of hydrogen-bond acceptors (Lipinski definition) is 3. The summed E-state index contributed by atoms with van der Waals surface area (Å²) in [6.45, 7) is 2.66. The van der Waals surface area contributed by atoms with Crippen molar-refractivity contribution < 1.29 is 4.21 Å². The second-order valence-corrected chi connectivity index (χ2v) is 6.41. The van der Waals surface area contributed by atoms with E-state index in [0.29, 0.717) is 0 Å². The monoisotopic (exact) mass is 275 g/mol. The summed E-state index contributed by atoms with van der Waals surface area (Å²) in [5.41, 5.74) is 2.14. The first-order chi connectivity index (χ1) is 9.31. The minimum Gasteiger partial charge on any atom is -0.296 e. The highest BCUT2D eigenvalue weighted by atomic mass is 32.2. The van der Waals surface area contributed by atoms with Crippen molar-refractivity contribution in [3.8, 4) is 5.69 Å². The van der Waals surface area contributed by atoms with Crippen LogP contribution in [-0.2, 0) is 17.3 Å². The van der Waals surface area contributed by atoms with Gasteiger partial charge in [0.2, 0.25) is 0 Å². The van der Waals surface area contributed by atoms with Crippen molar-refractivity contribution in [3.63, 3.8) is 0 Å². The number of benzene rings is 1. The van der Waals surface area contributed by atoms with Gasteiger partial charge in [0.25, 0.3) is 0 Å². The first-order valence-corrected chi connectivity index (χ1v) is 7.97. The molecule has 1 aliphatic rings. The number of rotatable bonds is 3. The molecule has 1 aliphatic heterocycles. The number of nitrogens with zero attached hydrogens (tertiary/aromatic N) is 3. The zero-order chi connectivity index (χ0) is 13.1. The third-order valence-electron chi connectivity index (χ3n) is 3.32. The van der Waals surface area contributed by atoms with Gasteiger partial charge in [-0.25, -0.2) is 4.68 Å². The Kier molecular flexibility index (Phi) is 3.75. The average Bonchev–Trinajstić information content (AvgIpc) is 2.91. The van der Waals surface area contributed by atoms with E-state index in [-0.39, 0.29) is 0 Å². The number of aromatic nitrogens is 2. The van der Waals surface area contributed by atoms with Crippen LogP contribution < -0.4 is 0 Å². The van der Waals surface area contributed by atoms with E-state index in [9.17, 15) is 4.21 Å². The lowest BCUT2D eigenvalue weighted by Crippen LogP contribution is -2.37. The first-order valence-electron chi connectivity index (χ1n) is 6.48. The zero-order valence-electron chi connectivity index (χ0n) is 10.7. The molecule has 0 N–H and O–H groups in total. The molecule has 0 bridgehead atoms. The molecule has 1 fully saturated rings. The molecule has 4 nitrogen and oxygen atoms in total. The summed E-state index contributed by atoms with van der Waals surface area (Å²) in [6, 6.07) is 12.2. The third kappa shape index (κ3) is 3.11. The topological polar surface area (TPSA) is 38.1 Å². The summed E-state index contributed by atoms with van der Waals surface area (Å²) in [7, 11) is -0.611. The summed E-state index contributed by atoms with van der Waals surface area (Å²) in [5, 5.41) is 4.59. The van der Waals surface area contributed by atoms with Crippen LogP contribution in [0.4, 0.5) is 0 Å². The number of para-hydroxylation sites is 1. The highest BCUT2D eigenvalue weighted by Gasteiger charge is 2.16. The Morgan fingerprint density at radius 2 is 1.84 bits per heavy atom. The highest BCUT2D eigenvalue weighted by Crippen LogP contribution is 2.10. The molecule has 0 amide bonds. The van der Waals surface area contributed by atoms with E-state index in [1.54, 1.807) is 0 Å². The van der Waals surface area contributed by atoms with Crippen LogP contribution in [0.2, 0.25) is 0 Å². The lowest BCUT2D eigenvalue weighted by atomic mass is 10.3. The van der Waals surface area contributed by atoms with Gasteiger partial charge in [-0.2, -0.15) is 5.10 Å². The predicted molar refractivity (Wildman–Crippen MR) is 76.7 cm³/mol. The van der Waals surface area contributed by atoms with Crippen molar-refractivity contribution in [2.45, 2.75) is 6.54 Å². The summed E-state index contributed by atoms with van der Waals surface area (Å²) in [4.78, 5) is 2.32. The molecule has 5 heteroatoms. The molecular weight excluding hydrogens is 258 g/mol. The van der Waals surface area contributed by atoms with Crippen molar-refractivity contribution in [2.75, 3.05) is 24.6 Å². The van der Waals surface area contributed by atoms with Gasteiger partial charge in [-0.1, -0.05) is 18.2 Å². The van der Waals surface area contributed by atoms with E-state index in [4.69, 9.17) is 0 Å². The van der Waals surface area contributed by atoms with Crippen LogP contribution in [0.15, 0.2) is 42.6 Å². The maximum absolute atomic E-state index is 11.3. The molecule has 0 saturated carbocycles. The standard InChI is InChI=1S/C14H17N3OS/c18-19-10-8-16(9-11-19)12-13-6-7-17(15-13)14-4-2-1-3-5-14/h1-7H,8-12H2. The smallest absolute Gasteiger partial charge is 0.0769 e. The van der Waals surface area contributed by atoms with Gasteiger partial charge in [0.05, 0.1) is 11.4 Å². The summed E-state index contributed by atoms with van der Waals surface area (Å²) < 4.78 is 13.2. The molecule has 0 aliphatic carbocycles. The quantitative estimate of drug-likeness (QED) is 0.850. The molecule has 0 spiro atoms. The van der Waals surface area contributed by atoms with Crippen LogP contribution >= 0.6 is 0 Å². The number of hydrogen-bond donors (Lipinski definition) is 0. The summed E-state index contributed by atoms with van der Waals surface area (Å²) in [6.07, 6.45) is 1.99. The molecule has 0 unspecified atom stereocenters. The van der Waals surface area contributed by atoms with E-state index in [1.807, 2.05) is 41.2 Å². The van der Waals surface area contributed by atoms with Crippen LogP contribution in [0.1, 0.15) is 5.69 Å². The molecular formula is C14H17N3OS. The maximum atomic E-state index is 11.3. The van der Waals surface area contributed by atoms with Crippen molar-refractivity contribution >= 4 is 10.8 Å². The van der Waals surface area contributed by atoms with Crippen LogP contribution in [0.25, 0.3) is 5.69 Å². The average molecular weight is 275 g/mol.